The highest BCUT2D eigenvalue weighted by molar-refractivity contribution is 5.89. The maximum Gasteiger partial charge on any atom is 0.340 e. The van der Waals surface area contributed by atoms with Crippen LogP contribution in [0.4, 0.5) is 4.39 Å². The summed E-state index contributed by atoms with van der Waals surface area (Å²) in [4.78, 5) is 11.3. The SMILES string of the molecule is CCCC1(CNCc2ccc(C(=O)OC)c(F)c2)CC1. The lowest BCUT2D eigenvalue weighted by molar-refractivity contribution is 0.0595. The molecule has 0 heterocycles. The molecule has 2 rings (SSSR count). The Hall–Kier alpha value is -1.42. The Morgan fingerprint density at radius 3 is 2.75 bits per heavy atom. The van der Waals surface area contributed by atoms with Gasteiger partial charge in [0.25, 0.3) is 0 Å². The Bertz CT molecular complexity index is 483. The highest BCUT2D eigenvalue weighted by Crippen LogP contribution is 2.48. The monoisotopic (exact) mass is 279 g/mol. The van der Waals surface area contributed by atoms with Gasteiger partial charge in [-0.2, -0.15) is 0 Å². The van der Waals surface area contributed by atoms with Crippen molar-refractivity contribution in [2.75, 3.05) is 13.7 Å². The zero-order valence-electron chi connectivity index (χ0n) is 12.2. The Morgan fingerprint density at radius 1 is 1.45 bits per heavy atom. The van der Waals surface area contributed by atoms with Crippen LogP contribution in [-0.4, -0.2) is 19.6 Å². The fourth-order valence-corrected chi connectivity index (χ4v) is 2.64. The van der Waals surface area contributed by atoms with Gasteiger partial charge in [0.15, 0.2) is 0 Å². The van der Waals surface area contributed by atoms with Crippen LogP contribution in [0.1, 0.15) is 48.5 Å². The van der Waals surface area contributed by atoms with Crippen molar-refractivity contribution < 1.29 is 13.9 Å². The number of hydrogen-bond donors (Lipinski definition) is 1. The van der Waals surface area contributed by atoms with Crippen LogP contribution in [0.25, 0.3) is 0 Å². The molecule has 0 aromatic heterocycles. The zero-order chi connectivity index (χ0) is 14.6. The fraction of sp³-hybridized carbons (Fsp3) is 0.562. The van der Waals surface area contributed by atoms with Gasteiger partial charge < -0.3 is 10.1 Å². The molecule has 1 aromatic carbocycles. The maximum absolute atomic E-state index is 13.8. The van der Waals surface area contributed by atoms with Crippen LogP contribution in [0.15, 0.2) is 18.2 Å². The largest absolute Gasteiger partial charge is 0.465 e. The first kappa shape index (κ1) is 15.0. The number of ether oxygens (including phenoxy) is 1. The van der Waals surface area contributed by atoms with Crippen LogP contribution in [-0.2, 0) is 11.3 Å². The van der Waals surface area contributed by atoms with Gasteiger partial charge in [0.1, 0.15) is 5.82 Å². The average molecular weight is 279 g/mol. The minimum atomic E-state index is -0.637. The van der Waals surface area contributed by atoms with E-state index in [4.69, 9.17) is 0 Å². The number of methoxy groups -OCH3 is 1. The van der Waals surface area contributed by atoms with Gasteiger partial charge in [-0.1, -0.05) is 19.4 Å². The summed E-state index contributed by atoms with van der Waals surface area (Å²) in [5, 5.41) is 3.40. The molecule has 0 amide bonds. The summed E-state index contributed by atoms with van der Waals surface area (Å²) in [5.41, 5.74) is 1.32. The van der Waals surface area contributed by atoms with E-state index in [0.29, 0.717) is 12.0 Å². The molecule has 1 aliphatic carbocycles. The van der Waals surface area contributed by atoms with E-state index in [1.54, 1.807) is 6.07 Å². The van der Waals surface area contributed by atoms with Crippen LogP contribution < -0.4 is 5.32 Å². The summed E-state index contributed by atoms with van der Waals surface area (Å²) in [7, 11) is 1.25. The van der Waals surface area contributed by atoms with E-state index in [2.05, 4.69) is 17.0 Å². The summed E-state index contributed by atoms with van der Waals surface area (Å²) in [5.74, 6) is -1.16. The van der Waals surface area contributed by atoms with Gasteiger partial charge in [0.05, 0.1) is 12.7 Å². The second-order valence-corrected chi connectivity index (χ2v) is 5.66. The van der Waals surface area contributed by atoms with Gasteiger partial charge in [-0.15, -0.1) is 0 Å². The lowest BCUT2D eigenvalue weighted by Gasteiger charge is -2.15. The number of benzene rings is 1. The summed E-state index contributed by atoms with van der Waals surface area (Å²) in [6.07, 6.45) is 5.06. The standard InChI is InChI=1S/C16H22FNO2/c1-3-6-16(7-8-16)11-18-10-12-4-5-13(14(17)9-12)15(19)20-2/h4-5,9,18H,3,6-8,10-11H2,1-2H3. The predicted octanol–water partition coefficient (Wildman–Crippen LogP) is 3.28. The van der Waals surface area contributed by atoms with Crippen LogP contribution in [0.2, 0.25) is 0 Å². The third kappa shape index (κ3) is 3.57. The topological polar surface area (TPSA) is 38.3 Å². The molecular formula is C16H22FNO2. The number of halogens is 1. The number of carbonyl (C=O) groups excluding carboxylic acids is 1. The van der Waals surface area contributed by atoms with Gasteiger partial charge >= 0.3 is 5.97 Å². The molecule has 0 aliphatic heterocycles. The molecule has 110 valence electrons. The van der Waals surface area contributed by atoms with Gasteiger partial charge in [-0.05, 0) is 42.4 Å². The third-order valence-electron chi connectivity index (χ3n) is 4.01. The summed E-state index contributed by atoms with van der Waals surface area (Å²) >= 11 is 0. The first-order chi connectivity index (χ1) is 9.60. The second-order valence-electron chi connectivity index (χ2n) is 5.66. The van der Waals surface area contributed by atoms with E-state index in [1.165, 1.54) is 44.9 Å². The highest BCUT2D eigenvalue weighted by Gasteiger charge is 2.40. The Kier molecular flexibility index (Phi) is 4.76. The summed E-state index contributed by atoms with van der Waals surface area (Å²) in [6.45, 7) is 3.83. The van der Waals surface area contributed by atoms with Crippen LogP contribution in [0.5, 0.6) is 0 Å². The molecule has 0 unspecified atom stereocenters. The molecule has 4 heteroatoms. The molecule has 20 heavy (non-hydrogen) atoms. The Balaban J connectivity index is 1.88. The van der Waals surface area contributed by atoms with Crippen molar-refractivity contribution in [3.63, 3.8) is 0 Å². The molecule has 1 fully saturated rings. The molecular weight excluding hydrogens is 257 g/mol. The molecule has 1 aromatic rings. The molecule has 3 nitrogen and oxygen atoms in total. The highest BCUT2D eigenvalue weighted by atomic mass is 19.1. The maximum atomic E-state index is 13.8. The number of nitrogens with one attached hydrogen (secondary N) is 1. The zero-order valence-corrected chi connectivity index (χ0v) is 12.2. The molecule has 0 bridgehead atoms. The van der Waals surface area contributed by atoms with Gasteiger partial charge in [0.2, 0.25) is 0 Å². The molecule has 1 saturated carbocycles. The smallest absolute Gasteiger partial charge is 0.340 e. The molecule has 0 atom stereocenters. The van der Waals surface area contributed by atoms with Crippen molar-refractivity contribution >= 4 is 5.97 Å². The van der Waals surface area contributed by atoms with Crippen molar-refractivity contribution in [1.29, 1.82) is 0 Å². The van der Waals surface area contributed by atoms with E-state index in [0.717, 1.165) is 12.1 Å². The molecule has 1 aliphatic rings. The quantitative estimate of drug-likeness (QED) is 0.778. The average Bonchev–Trinajstić information content (AvgIpc) is 3.18. The van der Waals surface area contributed by atoms with Crippen LogP contribution in [0, 0.1) is 11.2 Å². The second kappa shape index (κ2) is 6.35. The van der Waals surface area contributed by atoms with E-state index in [9.17, 15) is 9.18 Å². The van der Waals surface area contributed by atoms with E-state index in [-0.39, 0.29) is 5.56 Å². The van der Waals surface area contributed by atoms with Crippen molar-refractivity contribution in [3.05, 3.63) is 35.1 Å². The lowest BCUT2D eigenvalue weighted by Crippen LogP contribution is -2.23. The van der Waals surface area contributed by atoms with E-state index in [1.807, 2.05) is 0 Å². The van der Waals surface area contributed by atoms with Crippen LogP contribution in [0.3, 0.4) is 0 Å². The summed E-state index contributed by atoms with van der Waals surface area (Å²) < 4.78 is 18.3. The summed E-state index contributed by atoms with van der Waals surface area (Å²) in [6, 6.07) is 4.65. The number of carbonyl (C=O) groups is 1. The fourth-order valence-electron chi connectivity index (χ4n) is 2.64. The number of rotatable bonds is 7. The van der Waals surface area contributed by atoms with Gasteiger partial charge in [-0.3, -0.25) is 0 Å². The first-order valence-corrected chi connectivity index (χ1v) is 7.18. The number of hydrogen-bond acceptors (Lipinski definition) is 3. The van der Waals surface area contributed by atoms with Crippen molar-refractivity contribution in [3.8, 4) is 0 Å². The number of esters is 1. The Morgan fingerprint density at radius 2 is 2.20 bits per heavy atom. The molecule has 0 spiro atoms. The van der Waals surface area contributed by atoms with Crippen molar-refractivity contribution in [1.82, 2.24) is 5.32 Å². The molecule has 0 saturated heterocycles. The first-order valence-electron chi connectivity index (χ1n) is 7.18. The minimum Gasteiger partial charge on any atom is -0.465 e. The predicted molar refractivity (Wildman–Crippen MR) is 76.0 cm³/mol. The van der Waals surface area contributed by atoms with Crippen LogP contribution >= 0.6 is 0 Å². The molecule has 0 radical (unpaired) electrons. The van der Waals surface area contributed by atoms with Crippen molar-refractivity contribution in [2.24, 2.45) is 5.41 Å². The lowest BCUT2D eigenvalue weighted by atomic mass is 10.0. The minimum absolute atomic E-state index is 0.0131. The van der Waals surface area contributed by atoms with E-state index < -0.39 is 11.8 Å². The van der Waals surface area contributed by atoms with Crippen molar-refractivity contribution in [2.45, 2.75) is 39.2 Å². The van der Waals surface area contributed by atoms with E-state index >= 15 is 0 Å². The van der Waals surface area contributed by atoms with Gasteiger partial charge in [-0.25, -0.2) is 9.18 Å². The third-order valence-corrected chi connectivity index (χ3v) is 4.01. The Labute approximate surface area is 119 Å². The normalized spacial score (nSPS) is 15.9. The molecule has 1 N–H and O–H groups in total. The van der Waals surface area contributed by atoms with Gasteiger partial charge in [0, 0.05) is 13.1 Å².